The van der Waals surface area contributed by atoms with Gasteiger partial charge in [0.05, 0.1) is 18.0 Å². The molecule has 1 aliphatic heterocycles. The van der Waals surface area contributed by atoms with Crippen molar-refractivity contribution < 1.29 is 22.4 Å². The summed E-state index contributed by atoms with van der Waals surface area (Å²) in [5.41, 5.74) is -0.454. The van der Waals surface area contributed by atoms with Crippen molar-refractivity contribution in [2.24, 2.45) is 0 Å². The third-order valence-electron chi connectivity index (χ3n) is 2.49. The topological polar surface area (TPSA) is 76.1 Å². The third-order valence-corrected chi connectivity index (χ3v) is 3.11. The van der Waals surface area contributed by atoms with Crippen molar-refractivity contribution in [3.8, 4) is 0 Å². The first-order valence-electron chi connectivity index (χ1n) is 6.05. The summed E-state index contributed by atoms with van der Waals surface area (Å²) in [6.07, 6.45) is 1.04. The SMILES string of the molecule is CC(C)(C)OC(O)N1CCCC(OS(C)(=O)=O)C1. The minimum atomic E-state index is -3.46. The summed E-state index contributed by atoms with van der Waals surface area (Å²) in [7, 11) is -3.46. The zero-order valence-corrected chi connectivity index (χ0v) is 12.2. The van der Waals surface area contributed by atoms with E-state index in [1.165, 1.54) is 0 Å². The Labute approximate surface area is 109 Å². The molecule has 1 N–H and O–H groups in total. The van der Waals surface area contributed by atoms with Crippen molar-refractivity contribution in [2.75, 3.05) is 19.3 Å². The van der Waals surface area contributed by atoms with Gasteiger partial charge in [-0.3, -0.25) is 9.08 Å². The van der Waals surface area contributed by atoms with E-state index in [-0.39, 0.29) is 0 Å². The van der Waals surface area contributed by atoms with Crippen molar-refractivity contribution in [2.45, 2.75) is 51.7 Å². The van der Waals surface area contributed by atoms with Crippen LogP contribution in [0.25, 0.3) is 0 Å². The molecule has 0 aromatic rings. The van der Waals surface area contributed by atoms with E-state index in [0.717, 1.165) is 12.7 Å². The van der Waals surface area contributed by atoms with Crippen LogP contribution in [0.5, 0.6) is 0 Å². The van der Waals surface area contributed by atoms with Crippen molar-refractivity contribution in [3.05, 3.63) is 0 Å². The highest BCUT2D eigenvalue weighted by Crippen LogP contribution is 2.19. The van der Waals surface area contributed by atoms with Gasteiger partial charge >= 0.3 is 0 Å². The van der Waals surface area contributed by atoms with Gasteiger partial charge in [-0.15, -0.1) is 0 Å². The Kier molecular flexibility index (Phi) is 5.13. The fourth-order valence-electron chi connectivity index (χ4n) is 1.88. The minimum absolute atomic E-state index is 0.352. The van der Waals surface area contributed by atoms with Crippen molar-refractivity contribution >= 4 is 10.1 Å². The van der Waals surface area contributed by atoms with Gasteiger partial charge in [0.15, 0.2) is 0 Å². The van der Waals surface area contributed by atoms with Crippen LogP contribution in [0.15, 0.2) is 0 Å². The average Bonchev–Trinajstić information content (AvgIpc) is 2.12. The second-order valence-electron chi connectivity index (χ2n) is 5.62. The van der Waals surface area contributed by atoms with Crippen molar-refractivity contribution in [1.29, 1.82) is 0 Å². The van der Waals surface area contributed by atoms with Crippen LogP contribution in [0, 0.1) is 0 Å². The Morgan fingerprint density at radius 1 is 1.39 bits per heavy atom. The fourth-order valence-corrected chi connectivity index (χ4v) is 2.53. The van der Waals surface area contributed by atoms with Gasteiger partial charge in [-0.2, -0.15) is 8.42 Å². The summed E-state index contributed by atoms with van der Waals surface area (Å²) in [6, 6.07) is 0. The number of aliphatic hydroxyl groups excluding tert-OH is 1. The van der Waals surface area contributed by atoms with Gasteiger partial charge in [0.25, 0.3) is 10.1 Å². The highest BCUT2D eigenvalue weighted by Gasteiger charge is 2.29. The molecule has 2 unspecified atom stereocenters. The number of aliphatic hydroxyl groups is 1. The van der Waals surface area contributed by atoms with Crippen LogP contribution in [0.4, 0.5) is 0 Å². The molecule has 18 heavy (non-hydrogen) atoms. The zero-order valence-electron chi connectivity index (χ0n) is 11.4. The molecule has 0 aromatic heterocycles. The lowest BCUT2D eigenvalue weighted by molar-refractivity contribution is -0.246. The zero-order chi connectivity index (χ0) is 14.0. The second-order valence-corrected chi connectivity index (χ2v) is 7.22. The van der Waals surface area contributed by atoms with Gasteiger partial charge in [0, 0.05) is 13.1 Å². The Balaban J connectivity index is 2.53. The normalized spacial score (nSPS) is 25.1. The molecule has 0 amide bonds. The van der Waals surface area contributed by atoms with Crippen molar-refractivity contribution in [3.63, 3.8) is 0 Å². The fraction of sp³-hybridized carbons (Fsp3) is 1.00. The molecule has 0 spiro atoms. The molecule has 0 aromatic carbocycles. The van der Waals surface area contributed by atoms with E-state index in [4.69, 9.17) is 8.92 Å². The van der Waals surface area contributed by atoms with Gasteiger partial charge in [-0.05, 0) is 33.6 Å². The summed E-state index contributed by atoms with van der Waals surface area (Å²) >= 11 is 0. The Morgan fingerprint density at radius 3 is 2.50 bits per heavy atom. The summed E-state index contributed by atoms with van der Waals surface area (Å²) in [5, 5.41) is 9.92. The lowest BCUT2D eigenvalue weighted by Crippen LogP contribution is -2.49. The third kappa shape index (κ3) is 6.10. The van der Waals surface area contributed by atoms with E-state index in [1.807, 2.05) is 20.8 Å². The molecule has 0 aliphatic carbocycles. The lowest BCUT2D eigenvalue weighted by Gasteiger charge is -2.37. The maximum atomic E-state index is 11.1. The second kappa shape index (κ2) is 5.83. The van der Waals surface area contributed by atoms with Gasteiger partial charge in [0.1, 0.15) is 0 Å². The summed E-state index contributed by atoms with van der Waals surface area (Å²) < 4.78 is 32.5. The number of hydrogen-bond acceptors (Lipinski definition) is 6. The van der Waals surface area contributed by atoms with E-state index < -0.39 is 28.2 Å². The molecule has 6 nitrogen and oxygen atoms in total. The minimum Gasteiger partial charge on any atom is -0.356 e. The van der Waals surface area contributed by atoms with Gasteiger partial charge in [-0.1, -0.05) is 0 Å². The molecule has 1 rings (SSSR count). The standard InChI is InChI=1S/C11H23NO5S/c1-11(2,3)16-10(13)12-7-5-6-9(8-12)17-18(4,14)15/h9-10,13H,5-8H2,1-4H3. The van der Waals surface area contributed by atoms with Crippen LogP contribution >= 0.6 is 0 Å². The molecular weight excluding hydrogens is 258 g/mol. The first kappa shape index (κ1) is 15.8. The number of nitrogens with zero attached hydrogens (tertiary/aromatic N) is 1. The molecule has 0 bridgehead atoms. The molecule has 1 saturated heterocycles. The molecular formula is C11H23NO5S. The van der Waals surface area contributed by atoms with Crippen LogP contribution in [0.1, 0.15) is 33.6 Å². The monoisotopic (exact) mass is 281 g/mol. The Bertz CT molecular complexity index is 362. The number of hydrogen-bond donors (Lipinski definition) is 1. The quantitative estimate of drug-likeness (QED) is 0.598. The molecule has 1 aliphatic rings. The molecule has 1 fully saturated rings. The maximum absolute atomic E-state index is 11.1. The average molecular weight is 281 g/mol. The van der Waals surface area contributed by atoms with Gasteiger partial charge < -0.3 is 9.84 Å². The Morgan fingerprint density at radius 2 is 2.00 bits per heavy atom. The smallest absolute Gasteiger partial charge is 0.264 e. The highest BCUT2D eigenvalue weighted by molar-refractivity contribution is 7.86. The van der Waals surface area contributed by atoms with E-state index in [2.05, 4.69) is 0 Å². The Hall–Kier alpha value is -0.210. The number of likely N-dealkylation sites (tertiary alicyclic amines) is 1. The summed E-state index contributed by atoms with van der Waals surface area (Å²) in [4.78, 5) is 1.69. The van der Waals surface area contributed by atoms with Crippen LogP contribution in [0.3, 0.4) is 0 Å². The van der Waals surface area contributed by atoms with Crippen LogP contribution < -0.4 is 0 Å². The number of piperidine rings is 1. The van der Waals surface area contributed by atoms with Crippen LogP contribution in [-0.2, 0) is 19.0 Å². The van der Waals surface area contributed by atoms with E-state index in [9.17, 15) is 13.5 Å². The van der Waals surface area contributed by atoms with Gasteiger partial charge in [0.2, 0.25) is 6.41 Å². The van der Waals surface area contributed by atoms with E-state index >= 15 is 0 Å². The van der Waals surface area contributed by atoms with E-state index in [0.29, 0.717) is 19.5 Å². The van der Waals surface area contributed by atoms with Crippen molar-refractivity contribution in [1.82, 2.24) is 4.90 Å². The van der Waals surface area contributed by atoms with Crippen LogP contribution in [0.2, 0.25) is 0 Å². The largest absolute Gasteiger partial charge is 0.356 e. The lowest BCUT2D eigenvalue weighted by atomic mass is 10.1. The maximum Gasteiger partial charge on any atom is 0.264 e. The van der Waals surface area contributed by atoms with E-state index in [1.54, 1.807) is 4.90 Å². The molecule has 7 heteroatoms. The molecule has 108 valence electrons. The predicted molar refractivity (Wildman–Crippen MR) is 67.4 cm³/mol. The molecule has 2 atom stereocenters. The van der Waals surface area contributed by atoms with Gasteiger partial charge in [-0.25, -0.2) is 0 Å². The molecule has 1 heterocycles. The first-order valence-corrected chi connectivity index (χ1v) is 7.87. The number of rotatable bonds is 4. The molecule has 0 saturated carbocycles. The van der Waals surface area contributed by atoms with Crippen LogP contribution in [-0.4, -0.2) is 55.9 Å². The predicted octanol–water partition coefficient (Wildman–Crippen LogP) is 0.518. The molecule has 0 radical (unpaired) electrons. The number of ether oxygens (including phenoxy) is 1. The first-order chi connectivity index (χ1) is 8.07. The summed E-state index contributed by atoms with van der Waals surface area (Å²) in [5.74, 6) is 0. The highest BCUT2D eigenvalue weighted by atomic mass is 32.2. The summed E-state index contributed by atoms with van der Waals surface area (Å²) in [6.45, 7) is 6.57.